The lowest BCUT2D eigenvalue weighted by Gasteiger charge is -2.43. The number of hydrogen-bond donors (Lipinski definition) is 1. The Bertz CT molecular complexity index is 1510. The maximum Gasteiger partial charge on any atom is 0.326 e. The monoisotopic (exact) mass is 591 g/mol. The molecule has 0 bridgehead atoms. The first-order chi connectivity index (χ1) is 19.6. The third-order valence-corrected chi connectivity index (χ3v) is 8.04. The van der Waals surface area contributed by atoms with E-state index >= 15 is 0 Å². The standard InChI is InChI=1S/C31H31Cl2N5O3/c1-19(2)41-25-15-20(17-34)7-8-24(25)29-36-27(21-5-4-6-23(33)16-21)28(31(3)11-9-22(32)10-12-31)38(29)30(40)37-14-13-35-26(39)18-37/h4-11,15-16,19,27-28H,12-14,18H2,1-3H3,(H,35,39). The van der Waals surface area contributed by atoms with E-state index in [1.54, 1.807) is 34.1 Å². The van der Waals surface area contributed by atoms with Crippen LogP contribution in [0.25, 0.3) is 0 Å². The normalized spacial score (nSPS) is 24.1. The number of benzene rings is 2. The van der Waals surface area contributed by atoms with Crippen LogP contribution in [0.15, 0.2) is 70.7 Å². The Kier molecular flexibility index (Phi) is 8.12. The maximum atomic E-state index is 14.5. The number of rotatable bonds is 5. The lowest BCUT2D eigenvalue weighted by Crippen LogP contribution is -2.59. The van der Waals surface area contributed by atoms with Crippen molar-refractivity contribution in [1.82, 2.24) is 15.1 Å². The number of amides is 3. The number of ether oxygens (including phenoxy) is 1. The van der Waals surface area contributed by atoms with E-state index in [4.69, 9.17) is 32.9 Å². The third-order valence-electron chi connectivity index (χ3n) is 7.52. The van der Waals surface area contributed by atoms with Crippen molar-refractivity contribution in [3.63, 3.8) is 0 Å². The molecule has 3 unspecified atom stereocenters. The number of nitrogens with zero attached hydrogens (tertiary/aromatic N) is 4. The van der Waals surface area contributed by atoms with Crippen molar-refractivity contribution in [2.45, 2.75) is 45.4 Å². The molecule has 1 N–H and O–H groups in total. The molecule has 10 heteroatoms. The molecule has 1 fully saturated rings. The molecule has 212 valence electrons. The topological polar surface area (TPSA) is 98.0 Å². The molecule has 3 amide bonds. The van der Waals surface area contributed by atoms with Gasteiger partial charge in [-0.3, -0.25) is 14.7 Å². The number of aliphatic imine (C=N–C) groups is 1. The fourth-order valence-electron chi connectivity index (χ4n) is 5.57. The molecule has 2 heterocycles. The fourth-order valence-corrected chi connectivity index (χ4v) is 5.91. The van der Waals surface area contributed by atoms with E-state index in [2.05, 4.69) is 18.3 Å². The van der Waals surface area contributed by atoms with E-state index < -0.39 is 17.5 Å². The fraction of sp³-hybridized carbons (Fsp3) is 0.355. The highest BCUT2D eigenvalue weighted by Crippen LogP contribution is 2.48. The van der Waals surface area contributed by atoms with Gasteiger partial charge in [0.15, 0.2) is 0 Å². The number of allylic oxidation sites excluding steroid dienone is 3. The molecule has 0 saturated carbocycles. The summed E-state index contributed by atoms with van der Waals surface area (Å²) in [6.07, 6.45) is 6.21. The van der Waals surface area contributed by atoms with Crippen molar-refractivity contribution >= 4 is 41.0 Å². The zero-order valence-corrected chi connectivity index (χ0v) is 24.6. The van der Waals surface area contributed by atoms with Gasteiger partial charge in [-0.2, -0.15) is 5.26 Å². The minimum Gasteiger partial charge on any atom is -0.490 e. The summed E-state index contributed by atoms with van der Waals surface area (Å²) in [4.78, 5) is 35.3. The first kappa shape index (κ1) is 28.7. The second-order valence-electron chi connectivity index (χ2n) is 10.9. The van der Waals surface area contributed by atoms with Crippen LogP contribution < -0.4 is 10.1 Å². The molecule has 0 spiro atoms. The van der Waals surface area contributed by atoms with Crippen molar-refractivity contribution in [2.24, 2.45) is 10.4 Å². The lowest BCUT2D eigenvalue weighted by atomic mass is 9.72. The highest BCUT2D eigenvalue weighted by Gasteiger charge is 2.51. The van der Waals surface area contributed by atoms with Crippen molar-refractivity contribution in [3.8, 4) is 11.8 Å². The molecule has 2 aromatic rings. The number of nitrogens with one attached hydrogen (secondary N) is 1. The number of hydrogen-bond acceptors (Lipinski definition) is 5. The maximum absolute atomic E-state index is 14.5. The van der Waals surface area contributed by atoms with Gasteiger partial charge in [-0.05, 0) is 62.2 Å². The SMILES string of the molecule is CC(C)Oc1cc(C#N)ccc1C1=NC(c2cccc(Cl)c2)C(C2(C)C=CC(Cl)=CC2)N1C(=O)N1CCNC(=O)C1. The molecular formula is C31H31Cl2N5O3. The van der Waals surface area contributed by atoms with Crippen LogP contribution in [0.5, 0.6) is 5.75 Å². The molecule has 2 aromatic carbocycles. The molecule has 0 aromatic heterocycles. The second-order valence-corrected chi connectivity index (χ2v) is 11.8. The minimum absolute atomic E-state index is 0.0574. The van der Waals surface area contributed by atoms with Gasteiger partial charge < -0.3 is 15.0 Å². The molecule has 3 atom stereocenters. The third kappa shape index (κ3) is 5.83. The van der Waals surface area contributed by atoms with E-state index in [0.717, 1.165) is 5.56 Å². The molecule has 1 aliphatic carbocycles. The number of carbonyl (C=O) groups is 2. The summed E-state index contributed by atoms with van der Waals surface area (Å²) in [6, 6.07) is 13.5. The quantitative estimate of drug-likeness (QED) is 0.474. The lowest BCUT2D eigenvalue weighted by molar-refractivity contribution is -0.123. The van der Waals surface area contributed by atoms with Gasteiger partial charge in [-0.25, -0.2) is 4.79 Å². The predicted octanol–water partition coefficient (Wildman–Crippen LogP) is 5.81. The van der Waals surface area contributed by atoms with Crippen molar-refractivity contribution in [2.75, 3.05) is 19.6 Å². The molecule has 8 nitrogen and oxygen atoms in total. The molecule has 0 radical (unpaired) electrons. The van der Waals surface area contributed by atoms with Crippen LogP contribution in [-0.2, 0) is 4.79 Å². The number of piperazine rings is 1. The predicted molar refractivity (Wildman–Crippen MR) is 159 cm³/mol. The molecule has 3 aliphatic rings. The Morgan fingerprint density at radius 3 is 2.71 bits per heavy atom. The highest BCUT2D eigenvalue weighted by atomic mass is 35.5. The summed E-state index contributed by atoms with van der Waals surface area (Å²) in [5.41, 5.74) is 1.29. The van der Waals surface area contributed by atoms with Gasteiger partial charge in [-0.1, -0.05) is 54.4 Å². The summed E-state index contributed by atoms with van der Waals surface area (Å²) >= 11 is 12.8. The second kappa shape index (κ2) is 11.6. The van der Waals surface area contributed by atoms with Gasteiger partial charge in [0.25, 0.3) is 0 Å². The van der Waals surface area contributed by atoms with Crippen LogP contribution in [0.4, 0.5) is 4.79 Å². The van der Waals surface area contributed by atoms with E-state index in [1.807, 2.05) is 50.3 Å². The Hall–Kier alpha value is -3.80. The van der Waals surface area contributed by atoms with Crippen molar-refractivity contribution < 1.29 is 14.3 Å². The van der Waals surface area contributed by atoms with Gasteiger partial charge in [0.1, 0.15) is 18.1 Å². The number of urea groups is 1. The minimum atomic E-state index is -0.573. The first-order valence-electron chi connectivity index (χ1n) is 13.5. The molecule has 5 rings (SSSR count). The summed E-state index contributed by atoms with van der Waals surface area (Å²) in [5.74, 6) is 0.641. The van der Waals surface area contributed by atoms with E-state index in [0.29, 0.717) is 52.3 Å². The molecule has 41 heavy (non-hydrogen) atoms. The van der Waals surface area contributed by atoms with Crippen LogP contribution in [0.1, 0.15) is 49.9 Å². The zero-order chi connectivity index (χ0) is 29.3. The summed E-state index contributed by atoms with van der Waals surface area (Å²) in [5, 5.41) is 13.6. The van der Waals surface area contributed by atoms with Gasteiger partial charge in [0, 0.05) is 28.6 Å². The Balaban J connectivity index is 1.72. The molecule has 2 aliphatic heterocycles. The zero-order valence-electron chi connectivity index (χ0n) is 23.1. The van der Waals surface area contributed by atoms with E-state index in [-0.39, 0.29) is 24.6 Å². The van der Waals surface area contributed by atoms with Crippen LogP contribution >= 0.6 is 23.2 Å². The van der Waals surface area contributed by atoms with Gasteiger partial charge in [0.05, 0.1) is 35.4 Å². The van der Waals surface area contributed by atoms with Crippen LogP contribution in [0, 0.1) is 16.7 Å². The Labute approximate surface area is 249 Å². The smallest absolute Gasteiger partial charge is 0.326 e. The Morgan fingerprint density at radius 2 is 2.05 bits per heavy atom. The van der Waals surface area contributed by atoms with E-state index in [9.17, 15) is 14.9 Å². The van der Waals surface area contributed by atoms with Crippen LogP contribution in [0.3, 0.4) is 0 Å². The first-order valence-corrected chi connectivity index (χ1v) is 14.3. The summed E-state index contributed by atoms with van der Waals surface area (Å²) in [6.45, 7) is 6.55. The Morgan fingerprint density at radius 1 is 1.24 bits per heavy atom. The average molecular weight is 593 g/mol. The largest absolute Gasteiger partial charge is 0.490 e. The van der Waals surface area contributed by atoms with Crippen molar-refractivity contribution in [1.29, 1.82) is 5.26 Å². The number of nitriles is 1. The van der Waals surface area contributed by atoms with E-state index in [1.165, 1.54) is 0 Å². The summed E-state index contributed by atoms with van der Waals surface area (Å²) < 4.78 is 6.16. The van der Waals surface area contributed by atoms with Gasteiger partial charge in [-0.15, -0.1) is 0 Å². The number of carbonyl (C=O) groups excluding carboxylic acids is 2. The van der Waals surface area contributed by atoms with Crippen molar-refractivity contribution in [3.05, 3.63) is 87.4 Å². The highest BCUT2D eigenvalue weighted by molar-refractivity contribution is 6.31. The average Bonchev–Trinajstić information content (AvgIpc) is 3.35. The number of amidine groups is 1. The molecular weight excluding hydrogens is 561 g/mol. The molecule has 1 saturated heterocycles. The summed E-state index contributed by atoms with van der Waals surface area (Å²) in [7, 11) is 0. The van der Waals surface area contributed by atoms with Gasteiger partial charge >= 0.3 is 6.03 Å². The van der Waals surface area contributed by atoms with Crippen LogP contribution in [0.2, 0.25) is 5.02 Å². The van der Waals surface area contributed by atoms with Gasteiger partial charge in [0.2, 0.25) is 5.91 Å². The number of halogens is 2. The van der Waals surface area contributed by atoms with Crippen LogP contribution in [-0.4, -0.2) is 59.4 Å².